The van der Waals surface area contributed by atoms with Gasteiger partial charge in [0.25, 0.3) is 17.2 Å². The lowest BCUT2D eigenvalue weighted by atomic mass is 10.1. The Morgan fingerprint density at radius 3 is 2.39 bits per heavy atom. The summed E-state index contributed by atoms with van der Waals surface area (Å²) in [4.78, 5) is 18.6. The van der Waals surface area contributed by atoms with Crippen molar-refractivity contribution in [1.29, 1.82) is 0 Å². The third-order valence-corrected chi connectivity index (χ3v) is 5.43. The number of hydrogen-bond donors (Lipinski definition) is 1. The molecule has 1 unspecified atom stereocenters. The van der Waals surface area contributed by atoms with Crippen LogP contribution in [-0.4, -0.2) is 37.6 Å². The largest absolute Gasteiger partial charge is 0.439 e. The average molecular weight is 440 g/mol. The predicted octanol–water partition coefficient (Wildman–Crippen LogP) is 4.50. The fraction of sp³-hybridized carbons (Fsp3) is 0.217. The molecule has 0 saturated heterocycles. The number of anilines is 1. The summed E-state index contributed by atoms with van der Waals surface area (Å²) in [6, 6.07) is 19.7. The van der Waals surface area contributed by atoms with E-state index in [-0.39, 0.29) is 12.5 Å². The second-order valence-electron chi connectivity index (χ2n) is 6.71. The summed E-state index contributed by atoms with van der Waals surface area (Å²) < 4.78 is 28.8. The number of carbonyl (C=O) groups excluding carboxylic acids is 1. The van der Waals surface area contributed by atoms with Crippen molar-refractivity contribution in [3.63, 3.8) is 0 Å². The van der Waals surface area contributed by atoms with Crippen LogP contribution in [0, 0.1) is 0 Å². The number of para-hydroxylation sites is 1. The summed E-state index contributed by atoms with van der Waals surface area (Å²) in [5.74, 6) is 0.970. The van der Waals surface area contributed by atoms with Crippen molar-refractivity contribution in [2.45, 2.75) is 20.4 Å². The highest BCUT2D eigenvalue weighted by molar-refractivity contribution is 7.80. The molecule has 0 fully saturated rings. The van der Waals surface area contributed by atoms with E-state index in [1.54, 1.807) is 35.2 Å². The Morgan fingerprint density at radius 2 is 1.77 bits per heavy atom. The van der Waals surface area contributed by atoms with Crippen LogP contribution in [-0.2, 0) is 17.8 Å². The number of amides is 1. The van der Waals surface area contributed by atoms with E-state index in [9.17, 15) is 13.6 Å². The number of carbonyl (C=O) groups is 1. The minimum absolute atomic E-state index is 0.0624. The zero-order valence-electron chi connectivity index (χ0n) is 17.5. The minimum atomic E-state index is -2.27. The molecule has 0 saturated carbocycles. The van der Waals surface area contributed by atoms with Crippen molar-refractivity contribution in [3.05, 3.63) is 84.1 Å². The quantitative estimate of drug-likeness (QED) is 0.497. The van der Waals surface area contributed by atoms with E-state index in [2.05, 4.69) is 4.98 Å². The Bertz CT molecular complexity index is 1020. The Morgan fingerprint density at radius 1 is 1.03 bits per heavy atom. The monoisotopic (exact) mass is 439 g/mol. The molecule has 3 rings (SSSR count). The van der Waals surface area contributed by atoms with Gasteiger partial charge in [-0.05, 0) is 49.7 Å². The number of rotatable bonds is 9. The Balaban J connectivity index is 1.76. The van der Waals surface area contributed by atoms with E-state index < -0.39 is 11.3 Å². The first-order chi connectivity index (χ1) is 15.0. The van der Waals surface area contributed by atoms with Crippen molar-refractivity contribution in [2.75, 3.05) is 17.4 Å². The normalized spacial score (nSPS) is 11.6. The van der Waals surface area contributed by atoms with Gasteiger partial charge in [-0.2, -0.15) is 0 Å². The highest BCUT2D eigenvalue weighted by atomic mass is 32.2. The van der Waals surface area contributed by atoms with Crippen molar-refractivity contribution in [2.24, 2.45) is 0 Å². The predicted molar refractivity (Wildman–Crippen MR) is 121 cm³/mol. The molecule has 1 aromatic heterocycles. The smallest absolute Gasteiger partial charge is 0.262 e. The number of hydrogen-bond acceptors (Lipinski definition) is 4. The summed E-state index contributed by atoms with van der Waals surface area (Å²) >= 11 is -2.27. The Labute approximate surface area is 184 Å². The van der Waals surface area contributed by atoms with Crippen LogP contribution < -0.4 is 9.04 Å². The summed E-state index contributed by atoms with van der Waals surface area (Å²) in [7, 11) is 0. The first kappa shape index (κ1) is 22.5. The van der Waals surface area contributed by atoms with E-state index >= 15 is 0 Å². The summed E-state index contributed by atoms with van der Waals surface area (Å²) in [6.07, 6.45) is 1.48. The average Bonchev–Trinajstić information content (AvgIpc) is 2.79. The third-order valence-electron chi connectivity index (χ3n) is 4.71. The molecule has 0 spiro atoms. The molecular weight excluding hydrogens is 414 g/mol. The van der Waals surface area contributed by atoms with Gasteiger partial charge in [-0.1, -0.05) is 30.3 Å². The van der Waals surface area contributed by atoms with Gasteiger partial charge in [0.1, 0.15) is 5.75 Å². The first-order valence-corrected chi connectivity index (χ1v) is 11.0. The van der Waals surface area contributed by atoms with E-state index in [4.69, 9.17) is 4.74 Å². The van der Waals surface area contributed by atoms with Gasteiger partial charge in [0.05, 0.1) is 18.4 Å². The molecule has 0 radical (unpaired) electrons. The number of aromatic nitrogens is 1. The van der Waals surface area contributed by atoms with Gasteiger partial charge in [-0.3, -0.25) is 13.7 Å². The van der Waals surface area contributed by atoms with Crippen LogP contribution in [0.2, 0.25) is 0 Å². The first-order valence-electron chi connectivity index (χ1n) is 9.97. The van der Waals surface area contributed by atoms with E-state index in [1.165, 1.54) is 10.5 Å². The summed E-state index contributed by atoms with van der Waals surface area (Å²) in [5.41, 5.74) is 1.75. The molecule has 1 amide bonds. The minimum Gasteiger partial charge on any atom is -0.439 e. The highest BCUT2D eigenvalue weighted by Gasteiger charge is 2.17. The molecular formula is C23H25N3O4S. The van der Waals surface area contributed by atoms with Gasteiger partial charge in [0, 0.05) is 24.7 Å². The highest BCUT2D eigenvalue weighted by Crippen LogP contribution is 2.24. The molecule has 0 bridgehead atoms. The van der Waals surface area contributed by atoms with Gasteiger partial charge in [-0.25, -0.2) is 9.19 Å². The molecule has 1 atom stereocenters. The van der Waals surface area contributed by atoms with Gasteiger partial charge in [0.15, 0.2) is 0 Å². The fourth-order valence-corrected chi connectivity index (χ4v) is 3.64. The van der Waals surface area contributed by atoms with E-state index in [1.807, 2.05) is 50.2 Å². The lowest BCUT2D eigenvalue weighted by Crippen LogP contribution is -2.30. The van der Waals surface area contributed by atoms with E-state index in [0.29, 0.717) is 36.0 Å². The Kier molecular flexibility index (Phi) is 7.75. The number of pyridine rings is 1. The molecule has 1 heterocycles. The number of nitrogens with zero attached hydrogens (tertiary/aromatic N) is 3. The maximum absolute atomic E-state index is 12.6. The van der Waals surface area contributed by atoms with Gasteiger partial charge in [-0.15, -0.1) is 0 Å². The van der Waals surface area contributed by atoms with Crippen LogP contribution in [0.5, 0.6) is 11.6 Å². The van der Waals surface area contributed by atoms with Crippen LogP contribution in [0.1, 0.15) is 29.8 Å². The fourth-order valence-electron chi connectivity index (χ4n) is 3.09. The van der Waals surface area contributed by atoms with E-state index in [0.717, 1.165) is 5.56 Å². The van der Waals surface area contributed by atoms with Crippen LogP contribution in [0.4, 0.5) is 5.69 Å². The maximum atomic E-state index is 12.6. The van der Waals surface area contributed by atoms with Crippen molar-refractivity contribution >= 4 is 22.9 Å². The molecule has 7 nitrogen and oxygen atoms in total. The van der Waals surface area contributed by atoms with Crippen LogP contribution in [0.3, 0.4) is 0 Å². The third kappa shape index (κ3) is 5.90. The lowest BCUT2D eigenvalue weighted by molar-refractivity contribution is 0.0773. The summed E-state index contributed by atoms with van der Waals surface area (Å²) in [5, 5.41) is 0. The number of ether oxygens (including phenoxy) is 1. The van der Waals surface area contributed by atoms with Crippen molar-refractivity contribution in [3.8, 4) is 11.6 Å². The lowest BCUT2D eigenvalue weighted by Gasteiger charge is -2.21. The standard InChI is InChI=1S/C23H25N3O4S/c1-3-25(4-2)23(27)19-10-8-9-18(15-19)17-26(31(28)29)20-13-14-22(24-16-20)30-21-11-6-5-7-12-21/h5-16H,3-4,17H2,1-2H3,(H,28,29). The molecule has 31 heavy (non-hydrogen) atoms. The van der Waals surface area contributed by atoms with Gasteiger partial charge >= 0.3 is 0 Å². The van der Waals surface area contributed by atoms with Crippen LogP contribution in [0.25, 0.3) is 0 Å². The van der Waals surface area contributed by atoms with Crippen molar-refractivity contribution < 1.29 is 18.3 Å². The second-order valence-corrected chi connectivity index (χ2v) is 7.62. The second kappa shape index (κ2) is 10.7. The molecule has 1 N–H and O–H groups in total. The maximum Gasteiger partial charge on any atom is 0.262 e. The SMILES string of the molecule is CCN(CC)C(=O)c1cccc(CN(c2ccc(Oc3ccccc3)nc2)S(=O)O)c1. The Hall–Kier alpha value is -3.23. The zero-order valence-corrected chi connectivity index (χ0v) is 18.3. The summed E-state index contributed by atoms with van der Waals surface area (Å²) in [6.45, 7) is 5.24. The van der Waals surface area contributed by atoms with Crippen LogP contribution >= 0.6 is 0 Å². The topological polar surface area (TPSA) is 83.0 Å². The molecule has 3 aromatic rings. The van der Waals surface area contributed by atoms with Gasteiger partial charge in [0.2, 0.25) is 5.88 Å². The number of benzene rings is 2. The molecule has 0 aliphatic rings. The molecule has 2 aromatic carbocycles. The van der Waals surface area contributed by atoms with Crippen molar-refractivity contribution in [1.82, 2.24) is 9.88 Å². The van der Waals surface area contributed by atoms with Crippen LogP contribution in [0.15, 0.2) is 72.9 Å². The molecule has 0 aliphatic carbocycles. The zero-order chi connectivity index (χ0) is 22.2. The van der Waals surface area contributed by atoms with Gasteiger partial charge < -0.3 is 9.64 Å². The molecule has 0 aliphatic heterocycles. The molecule has 162 valence electrons. The molecule has 8 heteroatoms.